The number of aromatic hydroxyl groups is 1. The van der Waals surface area contributed by atoms with Crippen LogP contribution in [-0.2, 0) is 0 Å². The molecule has 2 N–H and O–H groups in total. The molecular formula is C25H24BrFN2O3. The Hall–Kier alpha value is -2.90. The minimum Gasteiger partial charge on any atom is -0.504 e. The number of rotatable bonds is 6. The van der Waals surface area contributed by atoms with Crippen molar-refractivity contribution in [3.8, 4) is 17.2 Å². The molecule has 0 spiro atoms. The lowest BCUT2D eigenvalue weighted by Gasteiger charge is -2.31. The average Bonchev–Trinajstić information content (AvgIpc) is 2.82. The Labute approximate surface area is 195 Å². The molecule has 0 radical (unpaired) electrons. The molecule has 7 heteroatoms. The first-order valence-corrected chi connectivity index (χ1v) is 11.2. The molecule has 5 nitrogen and oxygen atoms in total. The molecule has 0 bridgehead atoms. The summed E-state index contributed by atoms with van der Waals surface area (Å²) >= 11 is 3.27. The van der Waals surface area contributed by atoms with Crippen LogP contribution in [0.2, 0.25) is 0 Å². The second-order valence-electron chi connectivity index (χ2n) is 7.43. The monoisotopic (exact) mass is 498 g/mol. The molecule has 1 aliphatic heterocycles. The number of nitrogens with zero attached hydrogens (tertiary/aromatic N) is 1. The van der Waals surface area contributed by atoms with Gasteiger partial charge in [0.1, 0.15) is 17.7 Å². The lowest BCUT2D eigenvalue weighted by Crippen LogP contribution is -2.33. The van der Waals surface area contributed by atoms with E-state index in [1.54, 1.807) is 25.3 Å². The van der Waals surface area contributed by atoms with Gasteiger partial charge in [-0.25, -0.2) is 4.39 Å². The summed E-state index contributed by atoms with van der Waals surface area (Å²) in [4.78, 5) is 4.92. The maximum atomic E-state index is 13.8. The molecule has 3 aromatic carbocycles. The fraction of sp³-hybridized carbons (Fsp3) is 0.240. The second-order valence-corrected chi connectivity index (χ2v) is 8.29. The van der Waals surface area contributed by atoms with Crippen LogP contribution < -0.4 is 14.8 Å². The smallest absolute Gasteiger partial charge is 0.162 e. The third-order valence-electron chi connectivity index (χ3n) is 5.43. The van der Waals surface area contributed by atoms with Gasteiger partial charge in [0.2, 0.25) is 0 Å². The molecular weight excluding hydrogens is 475 g/mol. The topological polar surface area (TPSA) is 63.1 Å². The summed E-state index contributed by atoms with van der Waals surface area (Å²) in [5, 5.41) is 14.4. The first-order valence-electron chi connectivity index (χ1n) is 10.4. The van der Waals surface area contributed by atoms with Crippen LogP contribution >= 0.6 is 15.9 Å². The number of halogens is 2. The normalized spacial score (nSPS) is 18.2. The highest BCUT2D eigenvalue weighted by Crippen LogP contribution is 2.39. The van der Waals surface area contributed by atoms with Gasteiger partial charge in [-0.2, -0.15) is 0 Å². The van der Waals surface area contributed by atoms with Gasteiger partial charge in [0.25, 0.3) is 0 Å². The van der Waals surface area contributed by atoms with Crippen molar-refractivity contribution in [2.45, 2.75) is 25.6 Å². The molecule has 4 rings (SSSR count). The molecule has 3 aromatic rings. The van der Waals surface area contributed by atoms with E-state index < -0.39 is 6.17 Å². The van der Waals surface area contributed by atoms with E-state index in [0.29, 0.717) is 23.2 Å². The highest BCUT2D eigenvalue weighted by Gasteiger charge is 2.29. The SMILES string of the molecule is CCOc1cccc([C@H]2CC(c3ccc(OC)cc3)=N[C@@H](c3ccc(F)c(Br)c3)N2)c1O. The maximum Gasteiger partial charge on any atom is 0.162 e. The van der Waals surface area contributed by atoms with Crippen LogP contribution in [0.4, 0.5) is 4.39 Å². The Morgan fingerprint density at radius 2 is 1.94 bits per heavy atom. The van der Waals surface area contributed by atoms with Gasteiger partial charge >= 0.3 is 0 Å². The summed E-state index contributed by atoms with van der Waals surface area (Å²) in [5.74, 6) is 0.992. The standard InChI is InChI=1S/C25H24BrFN2O3/c1-3-32-23-6-4-5-18(24(23)30)22-14-21(15-7-10-17(31-2)11-8-15)28-25(29-22)16-9-12-20(27)19(26)13-16/h4-13,22,25,29-30H,3,14H2,1-2H3/t22-,25-/m1/s1. The van der Waals surface area contributed by atoms with Crippen molar-refractivity contribution in [3.05, 3.63) is 87.6 Å². The van der Waals surface area contributed by atoms with Crippen LogP contribution in [0.3, 0.4) is 0 Å². The molecule has 0 aromatic heterocycles. The van der Waals surface area contributed by atoms with Crippen LogP contribution in [0.25, 0.3) is 0 Å². The van der Waals surface area contributed by atoms with Crippen molar-refractivity contribution in [2.75, 3.05) is 13.7 Å². The largest absolute Gasteiger partial charge is 0.504 e. The van der Waals surface area contributed by atoms with Crippen LogP contribution in [0.1, 0.15) is 42.2 Å². The minimum atomic E-state index is -0.419. The van der Waals surface area contributed by atoms with Crippen molar-refractivity contribution < 1.29 is 19.0 Å². The van der Waals surface area contributed by atoms with Gasteiger partial charge < -0.3 is 14.6 Å². The number of ether oxygens (including phenoxy) is 2. The summed E-state index contributed by atoms with van der Waals surface area (Å²) in [6.07, 6.45) is 0.145. The zero-order chi connectivity index (χ0) is 22.7. The van der Waals surface area contributed by atoms with Crippen molar-refractivity contribution in [2.24, 2.45) is 4.99 Å². The third kappa shape index (κ3) is 4.64. The van der Waals surface area contributed by atoms with Crippen molar-refractivity contribution in [1.82, 2.24) is 5.32 Å². The molecule has 0 unspecified atom stereocenters. The number of phenols is 1. The molecule has 2 atom stereocenters. The number of para-hydroxylation sites is 1. The predicted octanol–water partition coefficient (Wildman–Crippen LogP) is 5.92. The van der Waals surface area contributed by atoms with Crippen LogP contribution in [0.15, 0.2) is 70.1 Å². The first-order chi connectivity index (χ1) is 15.5. The van der Waals surface area contributed by atoms with Gasteiger partial charge in [-0.05, 0) is 76.4 Å². The Bertz CT molecular complexity index is 1130. The number of benzene rings is 3. The summed E-state index contributed by atoms with van der Waals surface area (Å²) in [6.45, 7) is 2.34. The molecule has 0 fully saturated rings. The predicted molar refractivity (Wildman–Crippen MR) is 126 cm³/mol. The zero-order valence-corrected chi connectivity index (χ0v) is 19.4. The lowest BCUT2D eigenvalue weighted by molar-refractivity contribution is 0.313. The van der Waals surface area contributed by atoms with E-state index in [9.17, 15) is 9.50 Å². The maximum absolute atomic E-state index is 13.8. The molecule has 0 amide bonds. The molecule has 1 aliphatic rings. The Morgan fingerprint density at radius 1 is 1.16 bits per heavy atom. The quantitative estimate of drug-likeness (QED) is 0.442. The number of hydrogen-bond acceptors (Lipinski definition) is 5. The second kappa shape index (κ2) is 9.71. The Morgan fingerprint density at radius 3 is 2.62 bits per heavy atom. The van der Waals surface area contributed by atoms with Crippen LogP contribution in [0.5, 0.6) is 17.2 Å². The zero-order valence-electron chi connectivity index (χ0n) is 17.8. The van der Waals surface area contributed by atoms with Crippen LogP contribution in [0, 0.1) is 5.82 Å². The lowest BCUT2D eigenvalue weighted by atomic mass is 9.93. The number of aliphatic imine (C=N–C) groups is 1. The van der Waals surface area contributed by atoms with E-state index in [4.69, 9.17) is 14.5 Å². The molecule has 166 valence electrons. The summed E-state index contributed by atoms with van der Waals surface area (Å²) in [5.41, 5.74) is 3.38. The fourth-order valence-corrected chi connectivity index (χ4v) is 4.21. The van der Waals surface area contributed by atoms with Crippen LogP contribution in [-0.4, -0.2) is 24.5 Å². The molecule has 0 saturated carbocycles. The molecule has 0 aliphatic carbocycles. The van der Waals surface area contributed by atoms with E-state index in [2.05, 4.69) is 21.2 Å². The molecule has 1 heterocycles. The van der Waals surface area contributed by atoms with Gasteiger partial charge in [0.15, 0.2) is 11.5 Å². The summed E-state index contributed by atoms with van der Waals surface area (Å²) in [7, 11) is 1.63. The highest BCUT2D eigenvalue weighted by molar-refractivity contribution is 9.10. The van der Waals surface area contributed by atoms with E-state index in [-0.39, 0.29) is 17.6 Å². The van der Waals surface area contributed by atoms with Gasteiger partial charge in [-0.1, -0.05) is 18.2 Å². The average molecular weight is 499 g/mol. The van der Waals surface area contributed by atoms with Crippen molar-refractivity contribution in [1.29, 1.82) is 0 Å². The van der Waals surface area contributed by atoms with Gasteiger partial charge in [-0.15, -0.1) is 0 Å². The number of hydrogen-bond donors (Lipinski definition) is 2. The molecule has 32 heavy (non-hydrogen) atoms. The van der Waals surface area contributed by atoms with Crippen molar-refractivity contribution >= 4 is 21.6 Å². The third-order valence-corrected chi connectivity index (χ3v) is 6.04. The van der Waals surface area contributed by atoms with E-state index in [1.807, 2.05) is 43.3 Å². The van der Waals surface area contributed by atoms with Gasteiger partial charge in [0.05, 0.1) is 18.2 Å². The van der Waals surface area contributed by atoms with Crippen molar-refractivity contribution in [3.63, 3.8) is 0 Å². The summed E-state index contributed by atoms with van der Waals surface area (Å²) in [6, 6.07) is 17.8. The number of phenolic OH excluding ortho intramolecular Hbond substituents is 1. The fourth-order valence-electron chi connectivity index (χ4n) is 3.81. The Balaban J connectivity index is 1.75. The molecule has 0 saturated heterocycles. The van der Waals surface area contributed by atoms with E-state index in [0.717, 1.165) is 28.2 Å². The first kappa shape index (κ1) is 22.3. The van der Waals surface area contributed by atoms with E-state index in [1.165, 1.54) is 6.07 Å². The highest BCUT2D eigenvalue weighted by atomic mass is 79.9. The summed E-state index contributed by atoms with van der Waals surface area (Å²) < 4.78 is 25.1. The van der Waals surface area contributed by atoms with Gasteiger partial charge in [0, 0.05) is 23.7 Å². The number of nitrogens with one attached hydrogen (secondary N) is 1. The van der Waals surface area contributed by atoms with Gasteiger partial charge in [-0.3, -0.25) is 10.3 Å². The number of methoxy groups -OCH3 is 1. The van der Waals surface area contributed by atoms with E-state index >= 15 is 0 Å². The minimum absolute atomic E-state index is 0.113. The Kier molecular flexibility index (Phi) is 6.77.